The lowest BCUT2D eigenvalue weighted by atomic mass is 9.95. The summed E-state index contributed by atoms with van der Waals surface area (Å²) in [5, 5.41) is 3.22. The molecule has 1 aliphatic heterocycles. The molecule has 0 bridgehead atoms. The Kier molecular flexibility index (Phi) is 6.80. The summed E-state index contributed by atoms with van der Waals surface area (Å²) in [6, 6.07) is 2.41. The number of rotatable bonds is 7. The first-order chi connectivity index (χ1) is 11.4. The van der Waals surface area contributed by atoms with Gasteiger partial charge in [-0.25, -0.2) is 4.39 Å². The summed E-state index contributed by atoms with van der Waals surface area (Å²) in [4.78, 5) is 2.09. The van der Waals surface area contributed by atoms with Crippen LogP contribution in [0, 0.1) is 5.82 Å². The topological polar surface area (TPSA) is 15.3 Å². The molecule has 0 unspecified atom stereocenters. The van der Waals surface area contributed by atoms with Crippen LogP contribution in [0.15, 0.2) is 30.9 Å². The number of nitrogens with one attached hydrogen (secondary N) is 1. The second-order valence-electron chi connectivity index (χ2n) is 6.11. The molecule has 134 valence electrons. The highest BCUT2D eigenvalue weighted by atomic mass is 19.4. The fraction of sp³-hybridized carbons (Fsp3) is 0.556. The highest BCUT2D eigenvalue weighted by Crippen LogP contribution is 2.35. The molecule has 0 aliphatic carbocycles. The van der Waals surface area contributed by atoms with E-state index in [4.69, 9.17) is 0 Å². The summed E-state index contributed by atoms with van der Waals surface area (Å²) < 4.78 is 53.3. The van der Waals surface area contributed by atoms with Crippen molar-refractivity contribution in [2.45, 2.75) is 37.9 Å². The van der Waals surface area contributed by atoms with Crippen LogP contribution < -0.4 is 5.32 Å². The average molecular weight is 344 g/mol. The van der Waals surface area contributed by atoms with Crippen molar-refractivity contribution in [2.75, 3.05) is 26.2 Å². The molecule has 1 fully saturated rings. The number of hydrogen-bond donors (Lipinski definition) is 1. The van der Waals surface area contributed by atoms with E-state index in [1.54, 1.807) is 0 Å². The van der Waals surface area contributed by atoms with Crippen LogP contribution in [0.25, 0.3) is 0 Å². The number of halogens is 4. The average Bonchev–Trinajstić information content (AvgIpc) is 2.56. The van der Waals surface area contributed by atoms with Gasteiger partial charge in [-0.1, -0.05) is 12.5 Å². The Balaban J connectivity index is 2.25. The molecule has 1 aromatic carbocycles. The number of unbranched alkanes of at least 4 members (excludes halogenated alkanes) is 2. The molecule has 0 aromatic heterocycles. The van der Waals surface area contributed by atoms with Gasteiger partial charge in [0.2, 0.25) is 0 Å². The lowest BCUT2D eigenvalue weighted by molar-refractivity contribution is -0.137. The van der Waals surface area contributed by atoms with Gasteiger partial charge in [-0.05, 0) is 37.5 Å². The van der Waals surface area contributed by atoms with Gasteiger partial charge in [0.1, 0.15) is 5.82 Å². The molecule has 0 amide bonds. The van der Waals surface area contributed by atoms with Crippen molar-refractivity contribution >= 4 is 0 Å². The lowest BCUT2D eigenvalue weighted by Gasteiger charge is -2.35. The first kappa shape index (κ1) is 18.9. The van der Waals surface area contributed by atoms with Gasteiger partial charge < -0.3 is 5.32 Å². The summed E-state index contributed by atoms with van der Waals surface area (Å²) in [5.74, 6) is -0.560. The van der Waals surface area contributed by atoms with Crippen LogP contribution in [0.4, 0.5) is 17.6 Å². The summed E-state index contributed by atoms with van der Waals surface area (Å²) in [5.41, 5.74) is -0.629. The molecule has 1 atom stereocenters. The molecular formula is C18H24F4N2. The predicted octanol–water partition coefficient (Wildman–Crippen LogP) is 4.54. The Bertz CT molecular complexity index is 536. The first-order valence-electron chi connectivity index (χ1n) is 8.36. The molecule has 6 heteroatoms. The Morgan fingerprint density at radius 3 is 2.54 bits per heavy atom. The van der Waals surface area contributed by atoms with Crippen molar-refractivity contribution < 1.29 is 17.6 Å². The second kappa shape index (κ2) is 8.62. The predicted molar refractivity (Wildman–Crippen MR) is 87.3 cm³/mol. The van der Waals surface area contributed by atoms with E-state index in [0.717, 1.165) is 50.6 Å². The molecule has 2 rings (SSSR count). The molecule has 1 heterocycles. The summed E-state index contributed by atoms with van der Waals surface area (Å²) in [6.45, 7) is 6.63. The van der Waals surface area contributed by atoms with Crippen LogP contribution in [-0.2, 0) is 6.18 Å². The van der Waals surface area contributed by atoms with Gasteiger partial charge in [0, 0.05) is 37.8 Å². The zero-order valence-corrected chi connectivity index (χ0v) is 13.7. The minimum Gasteiger partial charge on any atom is -0.314 e. The van der Waals surface area contributed by atoms with E-state index in [2.05, 4.69) is 16.8 Å². The molecular weight excluding hydrogens is 320 g/mol. The highest BCUT2D eigenvalue weighted by Gasteiger charge is 2.33. The van der Waals surface area contributed by atoms with E-state index in [1.807, 2.05) is 6.08 Å². The third-order valence-electron chi connectivity index (χ3n) is 4.41. The van der Waals surface area contributed by atoms with Crippen LogP contribution >= 0.6 is 0 Å². The molecule has 0 spiro atoms. The molecule has 1 N–H and O–H groups in total. The fourth-order valence-corrected chi connectivity index (χ4v) is 3.13. The molecule has 1 aromatic rings. The summed E-state index contributed by atoms with van der Waals surface area (Å²) >= 11 is 0. The lowest BCUT2D eigenvalue weighted by Crippen LogP contribution is -2.45. The maximum Gasteiger partial charge on any atom is 0.416 e. The third kappa shape index (κ3) is 5.05. The number of nitrogens with zero attached hydrogens (tertiary/aromatic N) is 1. The number of alkyl halides is 3. The molecule has 0 radical (unpaired) electrons. The maximum atomic E-state index is 14.3. The number of hydrogen-bond acceptors (Lipinski definition) is 2. The van der Waals surface area contributed by atoms with E-state index in [1.165, 1.54) is 0 Å². The van der Waals surface area contributed by atoms with E-state index in [-0.39, 0.29) is 11.6 Å². The van der Waals surface area contributed by atoms with Gasteiger partial charge in [-0.3, -0.25) is 4.90 Å². The largest absolute Gasteiger partial charge is 0.416 e. The van der Waals surface area contributed by atoms with Crippen molar-refractivity contribution in [3.8, 4) is 0 Å². The van der Waals surface area contributed by atoms with Gasteiger partial charge in [0.25, 0.3) is 0 Å². The first-order valence-corrected chi connectivity index (χ1v) is 8.36. The molecule has 2 nitrogen and oxygen atoms in total. The van der Waals surface area contributed by atoms with Gasteiger partial charge in [-0.2, -0.15) is 13.2 Å². The maximum absolute atomic E-state index is 14.3. The zero-order valence-electron chi connectivity index (χ0n) is 13.7. The normalized spacial score (nSPS) is 17.7. The Hall–Kier alpha value is -1.40. The number of allylic oxidation sites excluding steroid dienone is 1. The van der Waals surface area contributed by atoms with Crippen molar-refractivity contribution in [2.24, 2.45) is 0 Å². The number of piperazine rings is 1. The van der Waals surface area contributed by atoms with Gasteiger partial charge in [0.15, 0.2) is 0 Å². The van der Waals surface area contributed by atoms with Gasteiger partial charge in [-0.15, -0.1) is 6.58 Å². The van der Waals surface area contributed by atoms with Crippen molar-refractivity contribution in [3.05, 3.63) is 47.8 Å². The van der Waals surface area contributed by atoms with Gasteiger partial charge >= 0.3 is 6.18 Å². The molecule has 1 aliphatic rings. The van der Waals surface area contributed by atoms with Crippen LogP contribution in [0.1, 0.15) is 42.9 Å². The van der Waals surface area contributed by atoms with Crippen LogP contribution in [0.5, 0.6) is 0 Å². The van der Waals surface area contributed by atoms with Crippen molar-refractivity contribution in [1.82, 2.24) is 10.2 Å². The Morgan fingerprint density at radius 2 is 1.92 bits per heavy atom. The van der Waals surface area contributed by atoms with E-state index < -0.39 is 17.6 Å². The van der Waals surface area contributed by atoms with Crippen molar-refractivity contribution in [3.63, 3.8) is 0 Å². The van der Waals surface area contributed by atoms with Crippen LogP contribution in [-0.4, -0.2) is 31.1 Å². The second-order valence-corrected chi connectivity index (χ2v) is 6.11. The van der Waals surface area contributed by atoms with E-state index in [9.17, 15) is 17.6 Å². The summed E-state index contributed by atoms with van der Waals surface area (Å²) in [7, 11) is 0. The zero-order chi connectivity index (χ0) is 17.6. The quantitative estimate of drug-likeness (QED) is 0.444. The minimum atomic E-state index is -4.46. The Labute approximate surface area is 140 Å². The minimum absolute atomic E-state index is 0.158. The van der Waals surface area contributed by atoms with Crippen LogP contribution in [0.2, 0.25) is 0 Å². The Morgan fingerprint density at radius 1 is 1.21 bits per heavy atom. The summed E-state index contributed by atoms with van der Waals surface area (Å²) in [6.07, 6.45) is 0.609. The molecule has 24 heavy (non-hydrogen) atoms. The van der Waals surface area contributed by atoms with E-state index >= 15 is 0 Å². The molecule has 1 saturated heterocycles. The highest BCUT2D eigenvalue weighted by molar-refractivity contribution is 5.29. The monoisotopic (exact) mass is 344 g/mol. The fourth-order valence-electron chi connectivity index (χ4n) is 3.13. The smallest absolute Gasteiger partial charge is 0.314 e. The standard InChI is InChI=1S/C18H24F4N2/c1-2-3-4-5-6-17(24-11-9-23-10-12-24)15-13-14(18(20,21)22)7-8-16(15)19/h2,7-8,13,17,23H,1,3-6,9-12H2/t17-/m0/s1. The molecule has 0 saturated carbocycles. The number of benzene rings is 1. The SMILES string of the molecule is C=CCCCC[C@@H](c1cc(C(F)(F)F)ccc1F)N1CCNCC1. The van der Waals surface area contributed by atoms with Crippen molar-refractivity contribution in [1.29, 1.82) is 0 Å². The third-order valence-corrected chi connectivity index (χ3v) is 4.41. The van der Waals surface area contributed by atoms with E-state index in [0.29, 0.717) is 19.5 Å². The van der Waals surface area contributed by atoms with Crippen LogP contribution in [0.3, 0.4) is 0 Å². The van der Waals surface area contributed by atoms with Gasteiger partial charge in [0.05, 0.1) is 5.56 Å².